The maximum absolute atomic E-state index is 6.67. The Labute approximate surface area is 120 Å². The van der Waals surface area contributed by atoms with Gasteiger partial charge in [-0.3, -0.25) is 5.10 Å². The van der Waals surface area contributed by atoms with Crippen LogP contribution < -0.4 is 5.73 Å². The minimum atomic E-state index is 0.258. The van der Waals surface area contributed by atoms with Crippen LogP contribution >= 0.6 is 0 Å². The summed E-state index contributed by atoms with van der Waals surface area (Å²) in [5, 5.41) is 7.32. The minimum Gasteiger partial charge on any atom is -0.327 e. The van der Waals surface area contributed by atoms with Gasteiger partial charge in [0.1, 0.15) is 11.6 Å². The molecule has 4 fully saturated rings. The van der Waals surface area contributed by atoms with Crippen molar-refractivity contribution in [1.29, 1.82) is 0 Å². The first-order valence-electron chi connectivity index (χ1n) is 8.32. The first-order chi connectivity index (χ1) is 9.67. The molecule has 110 valence electrons. The number of nitrogens with one attached hydrogen (secondary N) is 1. The van der Waals surface area contributed by atoms with Gasteiger partial charge in [-0.05, 0) is 61.7 Å². The number of hydrogen-bond acceptors (Lipinski definition) is 3. The number of aromatic amines is 1. The Kier molecular flexibility index (Phi) is 2.92. The Balaban J connectivity index is 1.51. The van der Waals surface area contributed by atoms with Crippen molar-refractivity contribution in [2.45, 2.75) is 64.3 Å². The molecule has 4 nitrogen and oxygen atoms in total. The van der Waals surface area contributed by atoms with Gasteiger partial charge in [0.05, 0.1) is 0 Å². The molecule has 0 amide bonds. The SMILES string of the molecule is CCc1n[nH]c(CC(N)C23CC4CC(CC(C4)C2)C3)n1. The fourth-order valence-electron chi connectivity index (χ4n) is 5.64. The summed E-state index contributed by atoms with van der Waals surface area (Å²) >= 11 is 0. The molecular formula is C16H26N4. The Hall–Kier alpha value is -0.900. The normalized spacial score (nSPS) is 40.2. The third-order valence-corrected chi connectivity index (χ3v) is 6.18. The van der Waals surface area contributed by atoms with Crippen LogP contribution in [0.4, 0.5) is 0 Å². The van der Waals surface area contributed by atoms with E-state index in [2.05, 4.69) is 22.1 Å². The zero-order chi connectivity index (χ0) is 13.7. The lowest BCUT2D eigenvalue weighted by atomic mass is 9.47. The van der Waals surface area contributed by atoms with E-state index in [4.69, 9.17) is 5.73 Å². The molecule has 0 radical (unpaired) electrons. The summed E-state index contributed by atoms with van der Waals surface area (Å²) < 4.78 is 0. The first kappa shape index (κ1) is 12.8. The predicted octanol–water partition coefficient (Wildman–Crippen LogP) is 2.45. The molecule has 1 aromatic rings. The molecule has 0 spiro atoms. The van der Waals surface area contributed by atoms with Crippen LogP contribution in [-0.2, 0) is 12.8 Å². The number of nitrogens with two attached hydrogens (primary N) is 1. The van der Waals surface area contributed by atoms with Crippen LogP contribution in [0.3, 0.4) is 0 Å². The molecule has 0 saturated heterocycles. The smallest absolute Gasteiger partial charge is 0.150 e. The van der Waals surface area contributed by atoms with Crippen LogP contribution in [0, 0.1) is 23.2 Å². The summed E-state index contributed by atoms with van der Waals surface area (Å²) in [4.78, 5) is 4.55. The Morgan fingerprint density at radius 2 is 1.80 bits per heavy atom. The maximum Gasteiger partial charge on any atom is 0.150 e. The van der Waals surface area contributed by atoms with E-state index in [9.17, 15) is 0 Å². The molecule has 1 unspecified atom stereocenters. The monoisotopic (exact) mass is 274 g/mol. The number of H-pyrrole nitrogens is 1. The van der Waals surface area contributed by atoms with Crippen molar-refractivity contribution in [3.63, 3.8) is 0 Å². The fourth-order valence-corrected chi connectivity index (χ4v) is 5.64. The highest BCUT2D eigenvalue weighted by Crippen LogP contribution is 2.61. The Morgan fingerprint density at radius 3 is 2.30 bits per heavy atom. The fraction of sp³-hybridized carbons (Fsp3) is 0.875. The van der Waals surface area contributed by atoms with Crippen molar-refractivity contribution in [3.05, 3.63) is 11.6 Å². The summed E-state index contributed by atoms with van der Waals surface area (Å²) in [7, 11) is 0. The van der Waals surface area contributed by atoms with Gasteiger partial charge in [0, 0.05) is 18.9 Å². The van der Waals surface area contributed by atoms with Crippen LogP contribution in [0.2, 0.25) is 0 Å². The molecule has 1 atom stereocenters. The first-order valence-corrected chi connectivity index (χ1v) is 8.32. The van der Waals surface area contributed by atoms with E-state index in [1.165, 1.54) is 38.5 Å². The molecule has 4 saturated carbocycles. The highest BCUT2D eigenvalue weighted by atomic mass is 15.2. The maximum atomic E-state index is 6.67. The van der Waals surface area contributed by atoms with Crippen LogP contribution in [0.25, 0.3) is 0 Å². The van der Waals surface area contributed by atoms with Crippen molar-refractivity contribution < 1.29 is 0 Å². The minimum absolute atomic E-state index is 0.258. The van der Waals surface area contributed by atoms with E-state index in [0.29, 0.717) is 5.41 Å². The molecule has 1 heterocycles. The molecule has 4 heteroatoms. The van der Waals surface area contributed by atoms with Crippen molar-refractivity contribution >= 4 is 0 Å². The summed E-state index contributed by atoms with van der Waals surface area (Å²) in [6.45, 7) is 2.09. The average Bonchev–Trinajstić information content (AvgIpc) is 2.85. The lowest BCUT2D eigenvalue weighted by molar-refractivity contribution is -0.0670. The van der Waals surface area contributed by atoms with E-state index in [1.54, 1.807) is 0 Å². The lowest BCUT2D eigenvalue weighted by Crippen LogP contribution is -2.55. The van der Waals surface area contributed by atoms with Gasteiger partial charge in [0.2, 0.25) is 0 Å². The van der Waals surface area contributed by atoms with Gasteiger partial charge in [-0.25, -0.2) is 4.98 Å². The third-order valence-electron chi connectivity index (χ3n) is 6.18. The second kappa shape index (κ2) is 4.55. The highest BCUT2D eigenvalue weighted by Gasteiger charge is 2.53. The summed E-state index contributed by atoms with van der Waals surface area (Å²) in [6.07, 6.45) is 10.3. The average molecular weight is 274 g/mol. The topological polar surface area (TPSA) is 67.6 Å². The highest BCUT2D eigenvalue weighted by molar-refractivity contribution is 5.07. The van der Waals surface area contributed by atoms with Crippen molar-refractivity contribution in [2.24, 2.45) is 28.9 Å². The van der Waals surface area contributed by atoms with Gasteiger partial charge in [-0.2, -0.15) is 5.10 Å². The van der Waals surface area contributed by atoms with Crippen LogP contribution in [0.5, 0.6) is 0 Å². The van der Waals surface area contributed by atoms with E-state index in [-0.39, 0.29) is 6.04 Å². The van der Waals surface area contributed by atoms with Gasteiger partial charge in [-0.15, -0.1) is 0 Å². The van der Waals surface area contributed by atoms with Gasteiger partial charge in [-0.1, -0.05) is 6.92 Å². The second-order valence-corrected chi connectivity index (χ2v) is 7.64. The van der Waals surface area contributed by atoms with Gasteiger partial charge < -0.3 is 5.73 Å². The van der Waals surface area contributed by atoms with Gasteiger partial charge in [0.25, 0.3) is 0 Å². The molecule has 0 aromatic carbocycles. The molecule has 5 rings (SSSR count). The lowest BCUT2D eigenvalue weighted by Gasteiger charge is -2.59. The van der Waals surface area contributed by atoms with E-state index in [0.717, 1.165) is 42.2 Å². The molecular weight excluding hydrogens is 248 g/mol. The molecule has 4 aliphatic carbocycles. The molecule has 3 N–H and O–H groups in total. The van der Waals surface area contributed by atoms with Gasteiger partial charge in [0.15, 0.2) is 0 Å². The Bertz CT molecular complexity index is 457. The largest absolute Gasteiger partial charge is 0.327 e. The summed E-state index contributed by atoms with van der Waals surface area (Å²) in [6, 6.07) is 0.258. The zero-order valence-electron chi connectivity index (χ0n) is 12.4. The molecule has 20 heavy (non-hydrogen) atoms. The standard InChI is InChI=1S/C16H26N4/c1-2-14-18-15(20-19-14)6-13(17)16-7-10-3-11(8-16)5-12(4-10)9-16/h10-13H,2-9,17H2,1H3,(H,18,19,20). The van der Waals surface area contributed by atoms with Crippen LogP contribution in [-0.4, -0.2) is 21.2 Å². The number of nitrogens with zero attached hydrogens (tertiary/aromatic N) is 2. The number of aryl methyl sites for hydroxylation is 1. The van der Waals surface area contributed by atoms with E-state index in [1.807, 2.05) is 0 Å². The van der Waals surface area contributed by atoms with Crippen LogP contribution in [0.1, 0.15) is 57.1 Å². The Morgan fingerprint density at radius 1 is 1.20 bits per heavy atom. The third kappa shape index (κ3) is 2.00. The summed E-state index contributed by atoms with van der Waals surface area (Å²) in [5.41, 5.74) is 7.08. The van der Waals surface area contributed by atoms with Crippen LogP contribution in [0.15, 0.2) is 0 Å². The molecule has 1 aromatic heterocycles. The number of hydrogen-bond donors (Lipinski definition) is 2. The van der Waals surface area contributed by atoms with Crippen molar-refractivity contribution in [3.8, 4) is 0 Å². The predicted molar refractivity (Wildman–Crippen MR) is 78.0 cm³/mol. The number of rotatable bonds is 4. The number of aromatic nitrogens is 3. The molecule has 4 aliphatic rings. The van der Waals surface area contributed by atoms with E-state index < -0.39 is 0 Å². The van der Waals surface area contributed by atoms with Gasteiger partial charge >= 0.3 is 0 Å². The second-order valence-electron chi connectivity index (χ2n) is 7.64. The quantitative estimate of drug-likeness (QED) is 0.886. The van der Waals surface area contributed by atoms with Crippen molar-refractivity contribution in [1.82, 2.24) is 15.2 Å². The zero-order valence-corrected chi connectivity index (χ0v) is 12.4. The van der Waals surface area contributed by atoms with Crippen molar-refractivity contribution in [2.75, 3.05) is 0 Å². The molecule has 0 aliphatic heterocycles. The molecule has 4 bridgehead atoms. The van der Waals surface area contributed by atoms with E-state index >= 15 is 0 Å². The summed E-state index contributed by atoms with van der Waals surface area (Å²) in [5.74, 6) is 4.80.